The van der Waals surface area contributed by atoms with E-state index in [9.17, 15) is 4.79 Å². The maximum atomic E-state index is 11.1. The van der Waals surface area contributed by atoms with Gasteiger partial charge in [0.25, 0.3) is 0 Å². The van der Waals surface area contributed by atoms with Crippen molar-refractivity contribution in [3.8, 4) is 0 Å². The van der Waals surface area contributed by atoms with Crippen LogP contribution >= 0.6 is 0 Å². The number of carboxylic acid groups (broad SMARTS) is 1. The Morgan fingerprint density at radius 3 is 2.76 bits per heavy atom. The number of rotatable bonds is 6. The molecule has 1 rings (SSSR count). The van der Waals surface area contributed by atoms with Crippen molar-refractivity contribution in [2.24, 2.45) is 5.92 Å². The van der Waals surface area contributed by atoms with Crippen LogP contribution in [0.4, 0.5) is 5.82 Å². The molecule has 17 heavy (non-hydrogen) atoms. The van der Waals surface area contributed by atoms with Crippen LogP contribution in [0.5, 0.6) is 0 Å². The molecule has 5 heteroatoms. The summed E-state index contributed by atoms with van der Waals surface area (Å²) in [7, 11) is 0. The van der Waals surface area contributed by atoms with E-state index in [0.717, 1.165) is 19.5 Å². The second kappa shape index (κ2) is 6.18. The maximum Gasteiger partial charge on any atom is 0.339 e. The lowest BCUT2D eigenvalue weighted by Gasteiger charge is -2.25. The van der Waals surface area contributed by atoms with Crippen molar-refractivity contribution in [1.29, 1.82) is 0 Å². The van der Waals surface area contributed by atoms with Gasteiger partial charge in [-0.05, 0) is 18.9 Å². The van der Waals surface area contributed by atoms with Crippen LogP contribution in [0.25, 0.3) is 0 Å². The number of hydrogen-bond acceptors (Lipinski definition) is 4. The Morgan fingerprint density at radius 2 is 2.24 bits per heavy atom. The highest BCUT2D eigenvalue weighted by Gasteiger charge is 2.18. The van der Waals surface area contributed by atoms with E-state index < -0.39 is 5.97 Å². The zero-order valence-electron chi connectivity index (χ0n) is 10.6. The monoisotopic (exact) mass is 237 g/mol. The molecule has 0 saturated carbocycles. The molecule has 0 aromatic carbocycles. The normalized spacial score (nSPS) is 12.2. The van der Waals surface area contributed by atoms with Gasteiger partial charge in [0.1, 0.15) is 5.56 Å². The van der Waals surface area contributed by atoms with Crippen LogP contribution in [-0.2, 0) is 0 Å². The summed E-state index contributed by atoms with van der Waals surface area (Å²) in [6.45, 7) is 7.77. The van der Waals surface area contributed by atoms with Crippen molar-refractivity contribution in [3.63, 3.8) is 0 Å². The molecule has 0 bridgehead atoms. The fraction of sp³-hybridized carbons (Fsp3) is 0.583. The standard InChI is InChI=1S/C12H19N3O2/c1-4-9(3)8-15(5-2)11-10(12(16)17)6-7-13-14-11/h6-7,9H,4-5,8H2,1-3H3,(H,16,17). The molecule has 1 unspecified atom stereocenters. The zero-order chi connectivity index (χ0) is 12.8. The minimum Gasteiger partial charge on any atom is -0.478 e. The second-order valence-electron chi connectivity index (χ2n) is 4.13. The van der Waals surface area contributed by atoms with Gasteiger partial charge >= 0.3 is 5.97 Å². The summed E-state index contributed by atoms with van der Waals surface area (Å²) in [6.07, 6.45) is 2.46. The van der Waals surface area contributed by atoms with Crippen molar-refractivity contribution in [1.82, 2.24) is 10.2 Å². The predicted octanol–water partition coefficient (Wildman–Crippen LogP) is 2.05. The lowest BCUT2D eigenvalue weighted by molar-refractivity contribution is 0.0697. The Balaban J connectivity index is 2.99. The molecule has 0 radical (unpaired) electrons. The van der Waals surface area contributed by atoms with Crippen LogP contribution in [0.1, 0.15) is 37.6 Å². The van der Waals surface area contributed by atoms with Gasteiger partial charge in [0.05, 0.1) is 6.20 Å². The van der Waals surface area contributed by atoms with Crippen molar-refractivity contribution in [3.05, 3.63) is 17.8 Å². The average Bonchev–Trinajstić information content (AvgIpc) is 2.35. The molecule has 1 heterocycles. The second-order valence-corrected chi connectivity index (χ2v) is 4.13. The van der Waals surface area contributed by atoms with E-state index in [1.165, 1.54) is 12.3 Å². The summed E-state index contributed by atoms with van der Waals surface area (Å²) in [5, 5.41) is 16.8. The van der Waals surface area contributed by atoms with E-state index in [1.807, 2.05) is 11.8 Å². The summed E-state index contributed by atoms with van der Waals surface area (Å²) < 4.78 is 0. The van der Waals surface area contributed by atoms with Crippen LogP contribution in [0.2, 0.25) is 0 Å². The molecule has 0 aliphatic heterocycles. The van der Waals surface area contributed by atoms with E-state index in [-0.39, 0.29) is 5.56 Å². The Hall–Kier alpha value is -1.65. The van der Waals surface area contributed by atoms with Gasteiger partial charge in [0, 0.05) is 13.1 Å². The molecule has 94 valence electrons. The minimum atomic E-state index is -0.961. The predicted molar refractivity (Wildman–Crippen MR) is 66.3 cm³/mol. The highest BCUT2D eigenvalue weighted by Crippen LogP contribution is 2.18. The number of aromatic nitrogens is 2. The largest absolute Gasteiger partial charge is 0.478 e. The molecule has 0 aliphatic rings. The van der Waals surface area contributed by atoms with Crippen LogP contribution in [0.15, 0.2) is 12.3 Å². The molecule has 1 aromatic heterocycles. The fourth-order valence-corrected chi connectivity index (χ4v) is 1.60. The van der Waals surface area contributed by atoms with Gasteiger partial charge in [0.15, 0.2) is 5.82 Å². The number of carboxylic acids is 1. The van der Waals surface area contributed by atoms with Gasteiger partial charge in [0.2, 0.25) is 0 Å². The van der Waals surface area contributed by atoms with Crippen molar-refractivity contribution >= 4 is 11.8 Å². The summed E-state index contributed by atoms with van der Waals surface area (Å²) in [5.74, 6) is -0.00102. The van der Waals surface area contributed by atoms with Crippen LogP contribution < -0.4 is 4.90 Å². The highest BCUT2D eigenvalue weighted by molar-refractivity contribution is 5.93. The number of hydrogen-bond donors (Lipinski definition) is 1. The van der Waals surface area contributed by atoms with Gasteiger partial charge in [-0.25, -0.2) is 4.79 Å². The summed E-state index contributed by atoms with van der Waals surface area (Å²) in [5.41, 5.74) is 0.213. The first-order valence-electron chi connectivity index (χ1n) is 5.90. The Labute approximate surface area is 101 Å². The molecule has 5 nitrogen and oxygen atoms in total. The average molecular weight is 237 g/mol. The first kappa shape index (κ1) is 13.4. The lowest BCUT2D eigenvalue weighted by Crippen LogP contribution is -2.30. The third kappa shape index (κ3) is 3.41. The van der Waals surface area contributed by atoms with Gasteiger partial charge in [-0.15, -0.1) is 5.10 Å². The quantitative estimate of drug-likeness (QED) is 0.820. The van der Waals surface area contributed by atoms with Crippen LogP contribution in [-0.4, -0.2) is 34.4 Å². The van der Waals surface area contributed by atoms with E-state index in [1.54, 1.807) is 0 Å². The molecular weight excluding hydrogens is 218 g/mol. The van der Waals surface area contributed by atoms with Crippen LogP contribution in [0, 0.1) is 5.92 Å². The molecule has 0 amide bonds. The van der Waals surface area contributed by atoms with Gasteiger partial charge in [-0.1, -0.05) is 20.3 Å². The summed E-state index contributed by atoms with van der Waals surface area (Å²) in [6, 6.07) is 1.49. The van der Waals surface area contributed by atoms with Crippen molar-refractivity contribution in [2.45, 2.75) is 27.2 Å². The molecular formula is C12H19N3O2. The first-order valence-corrected chi connectivity index (χ1v) is 5.90. The highest BCUT2D eigenvalue weighted by atomic mass is 16.4. The van der Waals surface area contributed by atoms with E-state index in [4.69, 9.17) is 5.11 Å². The molecule has 0 fully saturated rings. The smallest absolute Gasteiger partial charge is 0.339 e. The fourth-order valence-electron chi connectivity index (χ4n) is 1.60. The minimum absolute atomic E-state index is 0.213. The number of nitrogens with zero attached hydrogens (tertiary/aromatic N) is 3. The molecule has 1 atom stereocenters. The topological polar surface area (TPSA) is 66.3 Å². The first-order chi connectivity index (χ1) is 8.10. The summed E-state index contributed by atoms with van der Waals surface area (Å²) in [4.78, 5) is 13.1. The van der Waals surface area contributed by atoms with E-state index in [2.05, 4.69) is 24.0 Å². The Kier molecular flexibility index (Phi) is 4.87. The number of carbonyl (C=O) groups is 1. The van der Waals surface area contributed by atoms with Crippen molar-refractivity contribution < 1.29 is 9.90 Å². The SMILES string of the molecule is CCC(C)CN(CC)c1nnccc1C(=O)O. The molecule has 0 aliphatic carbocycles. The maximum absolute atomic E-state index is 11.1. The molecule has 1 aromatic rings. The van der Waals surface area contributed by atoms with Crippen LogP contribution in [0.3, 0.4) is 0 Å². The number of anilines is 1. The lowest BCUT2D eigenvalue weighted by atomic mass is 10.1. The Bertz CT molecular complexity index is 382. The van der Waals surface area contributed by atoms with Gasteiger partial charge in [-0.2, -0.15) is 5.10 Å². The van der Waals surface area contributed by atoms with E-state index in [0.29, 0.717) is 11.7 Å². The number of aromatic carboxylic acids is 1. The third-order valence-electron chi connectivity index (χ3n) is 2.84. The van der Waals surface area contributed by atoms with Gasteiger partial charge in [-0.3, -0.25) is 0 Å². The van der Waals surface area contributed by atoms with Crippen molar-refractivity contribution in [2.75, 3.05) is 18.0 Å². The third-order valence-corrected chi connectivity index (χ3v) is 2.84. The molecule has 1 N–H and O–H groups in total. The van der Waals surface area contributed by atoms with Gasteiger partial charge < -0.3 is 10.0 Å². The molecule has 0 spiro atoms. The van der Waals surface area contributed by atoms with E-state index >= 15 is 0 Å². The Morgan fingerprint density at radius 1 is 1.53 bits per heavy atom. The summed E-state index contributed by atoms with van der Waals surface area (Å²) >= 11 is 0. The molecule has 0 saturated heterocycles. The zero-order valence-corrected chi connectivity index (χ0v) is 10.6.